The van der Waals surface area contributed by atoms with Crippen molar-refractivity contribution in [1.29, 1.82) is 0 Å². The van der Waals surface area contributed by atoms with E-state index >= 15 is 0 Å². The number of aliphatic imine (C=N–C) groups is 2. The highest BCUT2D eigenvalue weighted by molar-refractivity contribution is 7.18. The van der Waals surface area contributed by atoms with Crippen molar-refractivity contribution < 1.29 is 13.5 Å². The van der Waals surface area contributed by atoms with Crippen molar-refractivity contribution in [2.24, 2.45) is 15.9 Å². The first-order valence-corrected chi connectivity index (χ1v) is 13.1. The molecular weight excluding hydrogens is 461 g/mol. The van der Waals surface area contributed by atoms with Gasteiger partial charge < -0.3 is 4.74 Å². The molecule has 0 bridgehead atoms. The monoisotopic (exact) mass is 506 g/mol. The number of nitrogens with zero attached hydrogens (tertiary/aromatic N) is 2. The summed E-state index contributed by atoms with van der Waals surface area (Å²) in [4.78, 5) is 8.80. The highest BCUT2D eigenvalue weighted by Crippen LogP contribution is 2.33. The minimum Gasteiger partial charge on any atom is -0.486 e. The van der Waals surface area contributed by atoms with E-state index in [1.165, 1.54) is 6.08 Å². The van der Waals surface area contributed by atoms with E-state index in [4.69, 9.17) is 4.74 Å². The highest BCUT2D eigenvalue weighted by Gasteiger charge is 2.28. The number of ether oxygens (including phenoxy) is 1. The molecule has 1 aromatic rings. The Kier molecular flexibility index (Phi) is 15.5. The van der Waals surface area contributed by atoms with Gasteiger partial charge in [0, 0.05) is 17.5 Å². The van der Waals surface area contributed by atoms with Crippen LogP contribution in [0.3, 0.4) is 0 Å². The molecule has 0 saturated carbocycles. The number of rotatable bonds is 12. The van der Waals surface area contributed by atoms with Gasteiger partial charge in [0.05, 0.1) is 5.71 Å². The lowest BCUT2D eigenvalue weighted by molar-refractivity contribution is 0.140. The van der Waals surface area contributed by atoms with E-state index in [1.54, 1.807) is 22.4 Å². The number of halogens is 2. The van der Waals surface area contributed by atoms with Gasteiger partial charge in [-0.3, -0.25) is 9.98 Å². The summed E-state index contributed by atoms with van der Waals surface area (Å²) in [5, 5.41) is 0. The van der Waals surface area contributed by atoms with Gasteiger partial charge in [-0.25, -0.2) is 0 Å². The molecule has 196 valence electrons. The van der Waals surface area contributed by atoms with Crippen LogP contribution in [0.2, 0.25) is 0 Å². The number of benzene rings is 1. The third-order valence-electron chi connectivity index (χ3n) is 5.46. The molecule has 0 aliphatic heterocycles. The molecule has 0 spiro atoms. The smallest absolute Gasteiger partial charge is 0.299 e. The van der Waals surface area contributed by atoms with Gasteiger partial charge in [-0.2, -0.15) is 8.78 Å². The Bertz CT molecular complexity index is 910. The third kappa shape index (κ3) is 11.4. The van der Waals surface area contributed by atoms with Crippen LogP contribution in [0.15, 0.2) is 70.1 Å². The van der Waals surface area contributed by atoms with E-state index in [9.17, 15) is 8.78 Å². The largest absolute Gasteiger partial charge is 0.486 e. The van der Waals surface area contributed by atoms with Crippen LogP contribution in [-0.2, 0) is 4.74 Å². The molecule has 3 nitrogen and oxygen atoms in total. The average Bonchev–Trinajstić information content (AvgIpc) is 2.83. The van der Waals surface area contributed by atoms with Crippen LogP contribution >= 0.6 is 9.24 Å². The molecule has 1 rings (SSSR count). The Balaban J connectivity index is 0.00000562. The van der Waals surface area contributed by atoms with Crippen LogP contribution < -0.4 is 0 Å². The van der Waals surface area contributed by atoms with Gasteiger partial charge in [-0.15, -0.1) is 0 Å². The number of hydrogen-bond donors (Lipinski definition) is 0. The second kappa shape index (κ2) is 16.5. The zero-order valence-corrected chi connectivity index (χ0v) is 24.2. The first-order valence-electron chi connectivity index (χ1n) is 12.5. The summed E-state index contributed by atoms with van der Waals surface area (Å²) < 4.78 is 33.8. The second-order valence-electron chi connectivity index (χ2n) is 8.33. The Hall–Kier alpha value is -2.13. The van der Waals surface area contributed by atoms with E-state index in [2.05, 4.69) is 23.5 Å². The van der Waals surface area contributed by atoms with Gasteiger partial charge in [0.1, 0.15) is 17.6 Å². The van der Waals surface area contributed by atoms with E-state index in [0.717, 1.165) is 41.7 Å². The normalized spacial score (nSPS) is 15.2. The maximum atomic E-state index is 13.9. The minimum absolute atomic E-state index is 0.0381. The molecule has 0 heterocycles. The second-order valence-corrected chi connectivity index (χ2v) is 9.06. The van der Waals surface area contributed by atoms with Gasteiger partial charge >= 0.3 is 0 Å². The highest BCUT2D eigenvalue weighted by atomic mass is 31.0. The van der Waals surface area contributed by atoms with Crippen LogP contribution in [0, 0.1) is 5.92 Å². The fourth-order valence-electron chi connectivity index (χ4n) is 3.12. The molecule has 3 atom stereocenters. The molecule has 1 aromatic carbocycles. The van der Waals surface area contributed by atoms with Crippen LogP contribution in [0.5, 0.6) is 0 Å². The fourth-order valence-corrected chi connectivity index (χ4v) is 3.35. The lowest BCUT2D eigenvalue weighted by atomic mass is 9.94. The summed E-state index contributed by atoms with van der Waals surface area (Å²) in [5.74, 6) is 0.609. The molecule has 0 aromatic heterocycles. The zero-order valence-electron chi connectivity index (χ0n) is 23.1. The lowest BCUT2D eigenvalue weighted by Crippen LogP contribution is -2.16. The van der Waals surface area contributed by atoms with Crippen molar-refractivity contribution >= 4 is 20.7 Å². The summed E-state index contributed by atoms with van der Waals surface area (Å²) in [5.41, 5.74) is 1.06. The minimum atomic E-state index is -3.07. The summed E-state index contributed by atoms with van der Waals surface area (Å²) in [7, 11) is 1.56. The van der Waals surface area contributed by atoms with Gasteiger partial charge in [0.25, 0.3) is 5.66 Å². The number of allylic oxidation sites excluding steroid dienone is 3. The van der Waals surface area contributed by atoms with Gasteiger partial charge in [0.2, 0.25) is 0 Å². The Labute approximate surface area is 214 Å². The Morgan fingerprint density at radius 2 is 1.71 bits per heavy atom. The topological polar surface area (TPSA) is 34.0 Å². The van der Waals surface area contributed by atoms with Crippen molar-refractivity contribution in [2.75, 3.05) is 0 Å². The maximum Gasteiger partial charge on any atom is 0.299 e. The number of hydrogen-bond acceptors (Lipinski definition) is 3. The summed E-state index contributed by atoms with van der Waals surface area (Å²) in [6.07, 6.45) is 5.75. The van der Waals surface area contributed by atoms with E-state index in [-0.39, 0.29) is 17.7 Å². The fraction of sp³-hybridized carbons (Fsp3) is 0.517. The standard InChI is InChI=1S/C27H39F2N2OP.C2H6/c1-9-12-20(6)30-17-19(5)21(7)32-22(8)23-13-15-24(16-14-23)26(18(4)10-2)31-25(11-3)27(28,29)33;1-2/h11,13-18,22H,7,9-10,12,33H2,1-6,8H3;1-2H3/b19-17-,25-11-,30-20?,31-26?;. The summed E-state index contributed by atoms with van der Waals surface area (Å²) in [6, 6.07) is 7.72. The van der Waals surface area contributed by atoms with Gasteiger partial charge in [0.15, 0.2) is 0 Å². The Morgan fingerprint density at radius 3 is 2.17 bits per heavy atom. The van der Waals surface area contributed by atoms with Crippen molar-refractivity contribution in [3.63, 3.8) is 0 Å². The summed E-state index contributed by atoms with van der Waals surface area (Å²) >= 11 is 0. The average molecular weight is 507 g/mol. The molecule has 0 saturated heterocycles. The van der Waals surface area contributed by atoms with Crippen molar-refractivity contribution in [2.45, 2.75) is 93.3 Å². The first-order chi connectivity index (χ1) is 16.4. The molecule has 6 heteroatoms. The first kappa shape index (κ1) is 32.9. The van der Waals surface area contributed by atoms with Gasteiger partial charge in [-0.05, 0) is 57.6 Å². The molecule has 0 amide bonds. The Morgan fingerprint density at radius 1 is 1.14 bits per heavy atom. The lowest BCUT2D eigenvalue weighted by Gasteiger charge is -2.19. The van der Waals surface area contributed by atoms with Crippen LogP contribution in [0.4, 0.5) is 8.78 Å². The van der Waals surface area contributed by atoms with Crippen LogP contribution in [-0.4, -0.2) is 17.1 Å². The molecule has 0 N–H and O–H groups in total. The molecule has 3 unspecified atom stereocenters. The number of alkyl halides is 2. The predicted octanol–water partition coefficient (Wildman–Crippen LogP) is 9.68. The molecule has 35 heavy (non-hydrogen) atoms. The zero-order chi connectivity index (χ0) is 27.2. The van der Waals surface area contributed by atoms with E-state index in [0.29, 0.717) is 11.5 Å². The molecule has 0 radical (unpaired) electrons. The van der Waals surface area contributed by atoms with E-state index < -0.39 is 5.66 Å². The van der Waals surface area contributed by atoms with Crippen molar-refractivity contribution in [3.8, 4) is 0 Å². The van der Waals surface area contributed by atoms with Crippen molar-refractivity contribution in [3.05, 3.63) is 71.3 Å². The van der Waals surface area contributed by atoms with Crippen LogP contribution in [0.1, 0.15) is 98.8 Å². The maximum absolute atomic E-state index is 13.9. The van der Waals surface area contributed by atoms with E-state index in [1.807, 2.05) is 72.7 Å². The molecule has 0 aliphatic rings. The molecule has 0 aliphatic carbocycles. The predicted molar refractivity (Wildman–Crippen MR) is 153 cm³/mol. The third-order valence-corrected chi connectivity index (χ3v) is 5.76. The SMILES string of the molecule is C=C(OC(C)c1ccc(C(=N/C(=C\C)C(F)(F)P)C(C)CC)cc1)/C(C)=C\N=C(C)CCC.CC. The molecular formula is C29H45F2N2OP. The summed E-state index contributed by atoms with van der Waals surface area (Å²) in [6.45, 7) is 21.6. The molecule has 0 fully saturated rings. The van der Waals surface area contributed by atoms with Crippen molar-refractivity contribution in [1.82, 2.24) is 0 Å². The quantitative estimate of drug-likeness (QED) is 0.120. The van der Waals surface area contributed by atoms with Gasteiger partial charge in [-0.1, -0.05) is 87.2 Å². The van der Waals surface area contributed by atoms with Crippen LogP contribution in [0.25, 0.3) is 0 Å².